The number of likely N-dealkylation sites (N-methyl/N-ethyl adjacent to an activating group) is 1. The van der Waals surface area contributed by atoms with Crippen LogP contribution in [0.5, 0.6) is 0 Å². The van der Waals surface area contributed by atoms with Gasteiger partial charge in [0.05, 0.1) is 13.1 Å². The molecule has 3 rings (SSSR count). The minimum absolute atomic E-state index is 0.0944. The van der Waals surface area contributed by atoms with Gasteiger partial charge in [0.1, 0.15) is 5.84 Å². The maximum atomic E-state index is 7.84. The topological polar surface area (TPSA) is 68.7 Å². The first-order valence-corrected chi connectivity index (χ1v) is 8.50. The standard InChI is InChI=1S/C20H25N5/c1-14-7-4-5-8-16(14)13-25(20-23-11-12-24(20)3)18-10-6-9-17(15(18)2)19(21)22/h4-10H,11-13H2,1-3H3,(H3,21,22). The molecule has 2 aromatic carbocycles. The number of benzene rings is 2. The predicted octanol–water partition coefficient (Wildman–Crippen LogP) is 2.90. The van der Waals surface area contributed by atoms with Crippen LogP contribution in [-0.4, -0.2) is 36.8 Å². The van der Waals surface area contributed by atoms with Crippen LogP contribution in [0.3, 0.4) is 0 Å². The summed E-state index contributed by atoms with van der Waals surface area (Å²) in [6, 6.07) is 14.3. The molecule has 0 saturated heterocycles. The van der Waals surface area contributed by atoms with Crippen molar-refractivity contribution in [3.63, 3.8) is 0 Å². The summed E-state index contributed by atoms with van der Waals surface area (Å²) in [5.41, 5.74) is 11.1. The lowest BCUT2D eigenvalue weighted by molar-refractivity contribution is 0.543. The van der Waals surface area contributed by atoms with Crippen LogP contribution in [0.1, 0.15) is 22.3 Å². The smallest absolute Gasteiger partial charge is 0.201 e. The summed E-state index contributed by atoms with van der Waals surface area (Å²) in [5.74, 6) is 1.06. The first kappa shape index (κ1) is 17.0. The molecule has 1 aliphatic heterocycles. The van der Waals surface area contributed by atoms with Crippen molar-refractivity contribution in [2.75, 3.05) is 25.0 Å². The van der Waals surface area contributed by atoms with E-state index in [0.29, 0.717) is 0 Å². The SMILES string of the molecule is Cc1ccccc1CN(C1=NCCN1C)c1cccc(C(=N)N)c1C. The first-order chi connectivity index (χ1) is 12.0. The molecular formula is C20H25N5. The van der Waals surface area contributed by atoms with E-state index in [1.807, 2.05) is 19.1 Å². The van der Waals surface area contributed by atoms with Crippen LogP contribution in [0.4, 0.5) is 5.69 Å². The van der Waals surface area contributed by atoms with Gasteiger partial charge in [0, 0.05) is 24.8 Å². The number of nitrogens with two attached hydrogens (primary N) is 1. The number of aryl methyl sites for hydroxylation is 1. The van der Waals surface area contributed by atoms with E-state index >= 15 is 0 Å². The summed E-state index contributed by atoms with van der Waals surface area (Å²) in [6.07, 6.45) is 0. The highest BCUT2D eigenvalue weighted by Crippen LogP contribution is 2.27. The van der Waals surface area contributed by atoms with Crippen LogP contribution >= 0.6 is 0 Å². The highest BCUT2D eigenvalue weighted by Gasteiger charge is 2.24. The fourth-order valence-electron chi connectivity index (χ4n) is 3.24. The second-order valence-electron chi connectivity index (χ2n) is 6.48. The van der Waals surface area contributed by atoms with Gasteiger partial charge in [-0.15, -0.1) is 0 Å². The maximum Gasteiger partial charge on any atom is 0.201 e. The molecule has 0 aromatic heterocycles. The molecule has 0 aliphatic carbocycles. The zero-order valence-electron chi connectivity index (χ0n) is 15.1. The van der Waals surface area contributed by atoms with Crippen LogP contribution < -0.4 is 10.6 Å². The molecule has 0 atom stereocenters. The zero-order valence-corrected chi connectivity index (χ0v) is 15.1. The molecule has 0 saturated carbocycles. The van der Waals surface area contributed by atoms with Crippen molar-refractivity contribution >= 4 is 17.5 Å². The average Bonchev–Trinajstić information content (AvgIpc) is 3.00. The summed E-state index contributed by atoms with van der Waals surface area (Å²) in [7, 11) is 2.07. The zero-order chi connectivity index (χ0) is 18.0. The Labute approximate surface area is 149 Å². The number of guanidine groups is 1. The molecule has 0 radical (unpaired) electrons. The number of hydrogen-bond acceptors (Lipinski definition) is 4. The second kappa shape index (κ2) is 6.97. The Bertz CT molecular complexity index is 825. The second-order valence-corrected chi connectivity index (χ2v) is 6.48. The number of nitrogens with zero attached hydrogens (tertiary/aromatic N) is 3. The van der Waals surface area contributed by atoms with Crippen molar-refractivity contribution in [1.82, 2.24) is 4.90 Å². The minimum Gasteiger partial charge on any atom is -0.384 e. The molecular weight excluding hydrogens is 310 g/mol. The molecule has 2 aromatic rings. The number of rotatable bonds is 4. The molecule has 3 N–H and O–H groups in total. The number of aliphatic imine (C=N–C) groups is 1. The Morgan fingerprint density at radius 1 is 1.20 bits per heavy atom. The summed E-state index contributed by atoms with van der Waals surface area (Å²) < 4.78 is 0. The molecule has 0 spiro atoms. The number of nitrogen functional groups attached to an aromatic ring is 1. The van der Waals surface area contributed by atoms with Crippen LogP contribution in [0, 0.1) is 19.3 Å². The fraction of sp³-hybridized carbons (Fsp3) is 0.300. The van der Waals surface area contributed by atoms with Crippen molar-refractivity contribution < 1.29 is 0 Å². The third-order valence-electron chi connectivity index (χ3n) is 4.75. The Kier molecular flexibility index (Phi) is 4.74. The van der Waals surface area contributed by atoms with E-state index in [0.717, 1.165) is 42.4 Å². The Morgan fingerprint density at radius 3 is 2.60 bits per heavy atom. The van der Waals surface area contributed by atoms with E-state index in [9.17, 15) is 0 Å². The van der Waals surface area contributed by atoms with E-state index in [-0.39, 0.29) is 5.84 Å². The number of amidine groups is 1. The highest BCUT2D eigenvalue weighted by atomic mass is 15.4. The van der Waals surface area contributed by atoms with Gasteiger partial charge in [-0.3, -0.25) is 10.4 Å². The van der Waals surface area contributed by atoms with E-state index in [2.05, 4.69) is 54.1 Å². The molecule has 1 heterocycles. The van der Waals surface area contributed by atoms with Gasteiger partial charge in [-0.05, 0) is 36.6 Å². The molecule has 1 aliphatic rings. The summed E-state index contributed by atoms with van der Waals surface area (Å²) >= 11 is 0. The van der Waals surface area contributed by atoms with Crippen LogP contribution in [0.2, 0.25) is 0 Å². The quantitative estimate of drug-likeness (QED) is 0.667. The van der Waals surface area contributed by atoms with Gasteiger partial charge in [-0.25, -0.2) is 0 Å². The Morgan fingerprint density at radius 2 is 1.96 bits per heavy atom. The van der Waals surface area contributed by atoms with Gasteiger partial charge < -0.3 is 15.5 Å². The third-order valence-corrected chi connectivity index (χ3v) is 4.75. The van der Waals surface area contributed by atoms with Crippen LogP contribution in [0.15, 0.2) is 47.5 Å². The number of hydrogen-bond donors (Lipinski definition) is 2. The molecule has 0 bridgehead atoms. The molecule has 0 fully saturated rings. The van der Waals surface area contributed by atoms with Crippen molar-refractivity contribution in [2.24, 2.45) is 10.7 Å². The van der Waals surface area contributed by atoms with Gasteiger partial charge in [0.2, 0.25) is 5.96 Å². The van der Waals surface area contributed by atoms with Gasteiger partial charge in [-0.2, -0.15) is 0 Å². The lowest BCUT2D eigenvalue weighted by Crippen LogP contribution is -2.40. The van der Waals surface area contributed by atoms with E-state index < -0.39 is 0 Å². The third kappa shape index (κ3) is 3.36. The summed E-state index contributed by atoms with van der Waals surface area (Å²) in [6.45, 7) is 6.61. The summed E-state index contributed by atoms with van der Waals surface area (Å²) in [5, 5.41) is 7.84. The normalized spacial score (nSPS) is 13.7. The van der Waals surface area contributed by atoms with E-state index in [1.165, 1.54) is 11.1 Å². The van der Waals surface area contributed by atoms with E-state index in [4.69, 9.17) is 16.1 Å². The van der Waals surface area contributed by atoms with Gasteiger partial charge in [-0.1, -0.05) is 36.4 Å². The van der Waals surface area contributed by atoms with Crippen molar-refractivity contribution in [1.29, 1.82) is 5.41 Å². The molecule has 5 nitrogen and oxygen atoms in total. The Balaban J connectivity index is 2.08. The highest BCUT2D eigenvalue weighted by molar-refractivity contribution is 6.01. The molecule has 5 heteroatoms. The first-order valence-electron chi connectivity index (χ1n) is 8.50. The lowest BCUT2D eigenvalue weighted by atomic mass is 10.0. The average molecular weight is 335 g/mol. The van der Waals surface area contributed by atoms with E-state index in [1.54, 1.807) is 0 Å². The van der Waals surface area contributed by atoms with Gasteiger partial charge in [0.25, 0.3) is 0 Å². The largest absolute Gasteiger partial charge is 0.384 e. The Hall–Kier alpha value is -2.82. The molecule has 25 heavy (non-hydrogen) atoms. The van der Waals surface area contributed by atoms with Gasteiger partial charge >= 0.3 is 0 Å². The number of nitrogens with one attached hydrogen (secondary N) is 1. The fourth-order valence-corrected chi connectivity index (χ4v) is 3.24. The van der Waals surface area contributed by atoms with Crippen molar-refractivity contribution in [2.45, 2.75) is 20.4 Å². The molecule has 0 unspecified atom stereocenters. The number of anilines is 1. The monoisotopic (exact) mass is 335 g/mol. The van der Waals surface area contributed by atoms with Crippen LogP contribution in [-0.2, 0) is 6.54 Å². The van der Waals surface area contributed by atoms with Crippen molar-refractivity contribution in [3.8, 4) is 0 Å². The minimum atomic E-state index is 0.0944. The van der Waals surface area contributed by atoms with Crippen molar-refractivity contribution in [3.05, 3.63) is 64.7 Å². The molecule has 0 amide bonds. The lowest BCUT2D eigenvalue weighted by Gasteiger charge is -2.31. The maximum absolute atomic E-state index is 7.84. The van der Waals surface area contributed by atoms with Crippen LogP contribution in [0.25, 0.3) is 0 Å². The van der Waals surface area contributed by atoms with Gasteiger partial charge in [0.15, 0.2) is 0 Å². The molecule has 130 valence electrons. The predicted molar refractivity (Wildman–Crippen MR) is 104 cm³/mol. The summed E-state index contributed by atoms with van der Waals surface area (Å²) in [4.78, 5) is 9.13.